The number of halogens is 2. The molecule has 1 aromatic rings. The van der Waals surface area contributed by atoms with E-state index in [9.17, 15) is 0 Å². The van der Waals surface area contributed by atoms with E-state index in [0.29, 0.717) is 0 Å². The first kappa shape index (κ1) is 19.3. The molecule has 0 amide bonds. The molecule has 0 aliphatic carbocycles. The highest BCUT2D eigenvalue weighted by Crippen LogP contribution is 2.61. The quantitative estimate of drug-likeness (QED) is 0.410. The van der Waals surface area contributed by atoms with E-state index in [1.54, 1.807) is 0 Å². The molecule has 1 aliphatic rings. The molecule has 0 fully saturated rings. The van der Waals surface area contributed by atoms with Gasteiger partial charge < -0.3 is 4.90 Å². The predicted octanol–water partition coefficient (Wildman–Crippen LogP) is 7.16. The summed E-state index contributed by atoms with van der Waals surface area (Å²) in [5.74, 6) is 0. The summed E-state index contributed by atoms with van der Waals surface area (Å²) in [6.07, 6.45) is 0. The Labute approximate surface area is 159 Å². The third-order valence-corrected chi connectivity index (χ3v) is 7.40. The van der Waals surface area contributed by atoms with Crippen LogP contribution in [-0.4, -0.2) is 12.1 Å². The predicted molar refractivity (Wildman–Crippen MR) is 110 cm³/mol. The lowest BCUT2D eigenvalue weighted by atomic mass is 9.52. The van der Waals surface area contributed by atoms with Crippen LogP contribution in [0.1, 0.15) is 67.9 Å². The number of benzene rings is 1. The largest absolute Gasteiger partial charge is 0.365 e. The monoisotopic (exact) mass is 443 g/mol. The second-order valence-corrected chi connectivity index (χ2v) is 11.7. The molecule has 0 bridgehead atoms. The highest BCUT2D eigenvalue weighted by atomic mass is 79.9. The molecule has 0 radical (unpaired) electrons. The summed E-state index contributed by atoms with van der Waals surface area (Å²) in [6, 6.07) is 4.64. The highest BCUT2D eigenvalue weighted by molar-refractivity contribution is 9.13. The van der Waals surface area contributed by atoms with Crippen LogP contribution in [0, 0.1) is 10.8 Å². The average Bonchev–Trinajstić information content (AvgIpc) is 2.63. The van der Waals surface area contributed by atoms with Gasteiger partial charge in [-0.15, -0.1) is 0 Å². The molecule has 0 atom stereocenters. The van der Waals surface area contributed by atoms with Crippen molar-refractivity contribution in [1.29, 1.82) is 0 Å². The van der Waals surface area contributed by atoms with Crippen molar-refractivity contribution in [2.24, 2.45) is 10.8 Å². The first-order valence-corrected chi connectivity index (χ1v) is 9.99. The fraction of sp³-hybridized carbons (Fsp3) is 0.700. The maximum Gasteiger partial charge on any atom is 0.0422 e. The summed E-state index contributed by atoms with van der Waals surface area (Å²) in [7, 11) is 0. The van der Waals surface area contributed by atoms with Crippen LogP contribution in [0.4, 0.5) is 5.69 Å². The SMILES string of the molecule is CC(C)(C)N1CC(C(C)(C)C)(C(C)(C)C)c2cc(Br)c(Br)cc21. The third-order valence-electron chi connectivity index (χ3n) is 5.55. The number of fused-ring (bicyclic) bond motifs is 1. The van der Waals surface area contributed by atoms with Crippen LogP contribution in [-0.2, 0) is 5.41 Å². The molecule has 0 aromatic heterocycles. The van der Waals surface area contributed by atoms with Gasteiger partial charge in [-0.2, -0.15) is 0 Å². The highest BCUT2D eigenvalue weighted by Gasteiger charge is 2.58. The van der Waals surface area contributed by atoms with Gasteiger partial charge in [0.2, 0.25) is 0 Å². The number of hydrogen-bond acceptors (Lipinski definition) is 1. The van der Waals surface area contributed by atoms with Gasteiger partial charge in [0, 0.05) is 32.1 Å². The van der Waals surface area contributed by atoms with Crippen molar-refractivity contribution < 1.29 is 0 Å². The topological polar surface area (TPSA) is 3.24 Å². The van der Waals surface area contributed by atoms with Crippen molar-refractivity contribution in [3.05, 3.63) is 26.6 Å². The van der Waals surface area contributed by atoms with E-state index in [-0.39, 0.29) is 21.8 Å². The lowest BCUT2D eigenvalue weighted by Gasteiger charge is -2.53. The van der Waals surface area contributed by atoms with Crippen LogP contribution < -0.4 is 4.90 Å². The molecular formula is C20H31Br2N. The van der Waals surface area contributed by atoms with E-state index in [1.165, 1.54) is 11.3 Å². The normalized spacial score (nSPS) is 18.3. The van der Waals surface area contributed by atoms with Crippen molar-refractivity contribution in [2.45, 2.75) is 73.3 Å². The van der Waals surface area contributed by atoms with Gasteiger partial charge in [-0.1, -0.05) is 41.5 Å². The van der Waals surface area contributed by atoms with Crippen molar-refractivity contribution in [1.82, 2.24) is 0 Å². The molecule has 0 N–H and O–H groups in total. The van der Waals surface area contributed by atoms with E-state index < -0.39 is 0 Å². The summed E-state index contributed by atoms with van der Waals surface area (Å²) in [6.45, 7) is 22.4. The van der Waals surface area contributed by atoms with Crippen LogP contribution in [0.25, 0.3) is 0 Å². The third kappa shape index (κ3) is 2.90. The fourth-order valence-corrected chi connectivity index (χ4v) is 5.19. The Morgan fingerprint density at radius 3 is 1.65 bits per heavy atom. The number of rotatable bonds is 0. The molecule has 130 valence electrons. The minimum atomic E-state index is 0.0891. The van der Waals surface area contributed by atoms with E-state index in [0.717, 1.165) is 15.5 Å². The number of hydrogen-bond donors (Lipinski definition) is 0. The second-order valence-electron chi connectivity index (χ2n) is 9.95. The van der Waals surface area contributed by atoms with E-state index >= 15 is 0 Å². The molecule has 23 heavy (non-hydrogen) atoms. The summed E-state index contributed by atoms with van der Waals surface area (Å²) < 4.78 is 2.27. The molecule has 0 spiro atoms. The molecule has 1 heterocycles. The molecule has 2 rings (SSSR count). The Morgan fingerprint density at radius 2 is 1.26 bits per heavy atom. The van der Waals surface area contributed by atoms with Gasteiger partial charge >= 0.3 is 0 Å². The zero-order valence-electron chi connectivity index (χ0n) is 16.1. The van der Waals surface area contributed by atoms with Crippen LogP contribution in [0.2, 0.25) is 0 Å². The summed E-state index contributed by atoms with van der Waals surface area (Å²) in [5.41, 5.74) is 3.35. The standard InChI is InChI=1S/C20H31Br2N/c1-17(2,3)20(18(4,5)6)12-23(19(7,8)9)16-11-15(22)14(21)10-13(16)20/h10-11H,12H2,1-9H3. The zero-order valence-corrected chi connectivity index (χ0v) is 19.2. The van der Waals surface area contributed by atoms with Gasteiger partial charge in [-0.05, 0) is 81.2 Å². The van der Waals surface area contributed by atoms with Crippen molar-refractivity contribution in [3.63, 3.8) is 0 Å². The molecule has 1 aliphatic heterocycles. The Morgan fingerprint density at radius 1 is 0.826 bits per heavy atom. The lowest BCUT2D eigenvalue weighted by Crippen LogP contribution is -2.55. The van der Waals surface area contributed by atoms with E-state index in [4.69, 9.17) is 0 Å². The van der Waals surface area contributed by atoms with Crippen molar-refractivity contribution in [3.8, 4) is 0 Å². The lowest BCUT2D eigenvalue weighted by molar-refractivity contribution is 0.0635. The average molecular weight is 445 g/mol. The van der Waals surface area contributed by atoms with Crippen molar-refractivity contribution >= 4 is 37.5 Å². The Kier molecular flexibility index (Phi) is 4.61. The summed E-state index contributed by atoms with van der Waals surface area (Å²) in [5, 5.41) is 0. The maximum atomic E-state index is 3.74. The number of nitrogens with zero attached hydrogens (tertiary/aromatic N) is 1. The van der Waals surface area contributed by atoms with Gasteiger partial charge in [-0.3, -0.25) is 0 Å². The molecule has 0 unspecified atom stereocenters. The molecule has 1 nitrogen and oxygen atoms in total. The molecule has 0 saturated carbocycles. The van der Waals surface area contributed by atoms with Crippen molar-refractivity contribution in [2.75, 3.05) is 11.4 Å². The van der Waals surface area contributed by atoms with Crippen LogP contribution in [0.15, 0.2) is 21.1 Å². The van der Waals surface area contributed by atoms with Crippen LogP contribution in [0.3, 0.4) is 0 Å². The van der Waals surface area contributed by atoms with Crippen LogP contribution >= 0.6 is 31.9 Å². The summed E-state index contributed by atoms with van der Waals surface area (Å²) in [4.78, 5) is 2.59. The molecule has 3 heteroatoms. The summed E-state index contributed by atoms with van der Waals surface area (Å²) >= 11 is 7.45. The Bertz CT molecular complexity index is 598. The first-order valence-electron chi connectivity index (χ1n) is 8.40. The minimum absolute atomic E-state index is 0.0891. The molecule has 1 aromatic carbocycles. The number of anilines is 1. The maximum absolute atomic E-state index is 3.74. The Hall–Kier alpha value is -0.0200. The van der Waals surface area contributed by atoms with Gasteiger partial charge in [0.15, 0.2) is 0 Å². The van der Waals surface area contributed by atoms with Gasteiger partial charge in [-0.25, -0.2) is 0 Å². The van der Waals surface area contributed by atoms with Gasteiger partial charge in [0.25, 0.3) is 0 Å². The van der Waals surface area contributed by atoms with E-state index in [2.05, 4.69) is 111 Å². The first-order chi connectivity index (χ1) is 10.1. The van der Waals surface area contributed by atoms with Crippen LogP contribution in [0.5, 0.6) is 0 Å². The zero-order chi connectivity index (χ0) is 18.0. The fourth-order valence-electron chi connectivity index (χ4n) is 4.51. The van der Waals surface area contributed by atoms with Gasteiger partial charge in [0.1, 0.15) is 0 Å². The van der Waals surface area contributed by atoms with E-state index in [1.807, 2.05) is 0 Å². The smallest absolute Gasteiger partial charge is 0.0422 e. The molecule has 0 saturated heterocycles. The Balaban J connectivity index is 2.87. The molecular weight excluding hydrogens is 414 g/mol. The second kappa shape index (κ2) is 5.49. The minimum Gasteiger partial charge on any atom is -0.365 e. The van der Waals surface area contributed by atoms with Gasteiger partial charge in [0.05, 0.1) is 0 Å².